The molecule has 0 unspecified atom stereocenters. The number of nitro benzene ring substituents is 1. The second-order valence-corrected chi connectivity index (χ2v) is 7.96. The Morgan fingerprint density at radius 1 is 1.06 bits per heavy atom. The summed E-state index contributed by atoms with van der Waals surface area (Å²) in [6, 6.07) is 15.2. The molecule has 3 aromatic rings. The van der Waals surface area contributed by atoms with Crippen LogP contribution in [-0.4, -0.2) is 23.3 Å². The van der Waals surface area contributed by atoms with Gasteiger partial charge in [0.25, 0.3) is 17.5 Å². The molecule has 0 heterocycles. The van der Waals surface area contributed by atoms with E-state index >= 15 is 0 Å². The van der Waals surface area contributed by atoms with E-state index in [1.165, 1.54) is 24.3 Å². The molecule has 0 aliphatic rings. The van der Waals surface area contributed by atoms with E-state index in [1.54, 1.807) is 12.1 Å². The number of hydrazine groups is 1. The van der Waals surface area contributed by atoms with Gasteiger partial charge in [-0.25, -0.2) is 0 Å². The second kappa shape index (κ2) is 10.2. The van der Waals surface area contributed by atoms with Gasteiger partial charge >= 0.3 is 0 Å². The molecule has 0 aliphatic carbocycles. The van der Waals surface area contributed by atoms with Gasteiger partial charge in [0, 0.05) is 22.7 Å². The molecule has 0 saturated heterocycles. The fourth-order valence-electron chi connectivity index (χ4n) is 2.62. The largest absolute Gasteiger partial charge is 0.483 e. The number of halogens is 2. The Morgan fingerprint density at radius 3 is 2.65 bits per heavy atom. The summed E-state index contributed by atoms with van der Waals surface area (Å²) in [5, 5.41) is 12.7. The Bertz CT molecular complexity index is 1200. The second-order valence-electron chi connectivity index (χ2n) is 6.25. The van der Waals surface area contributed by atoms with Gasteiger partial charge in [-0.2, -0.15) is 0 Å². The van der Waals surface area contributed by atoms with E-state index in [1.807, 2.05) is 24.3 Å². The molecule has 2 N–H and O–H groups in total. The van der Waals surface area contributed by atoms with Gasteiger partial charge in [-0.3, -0.25) is 30.6 Å². The Kier molecular flexibility index (Phi) is 7.37. The average molecular weight is 549 g/mol. The predicted octanol–water partition coefficient (Wildman–Crippen LogP) is 4.51. The maximum atomic E-state index is 12.0. The van der Waals surface area contributed by atoms with Crippen molar-refractivity contribution in [2.75, 3.05) is 6.61 Å². The molecular formula is C21H15Br2N3O5. The highest BCUT2D eigenvalue weighted by Crippen LogP contribution is 2.34. The number of carbonyl (C=O) groups excluding carboxylic acids is 2. The molecule has 31 heavy (non-hydrogen) atoms. The molecule has 0 atom stereocenters. The predicted molar refractivity (Wildman–Crippen MR) is 123 cm³/mol. The van der Waals surface area contributed by atoms with Crippen LogP contribution in [0.1, 0.15) is 5.56 Å². The lowest BCUT2D eigenvalue weighted by molar-refractivity contribution is -0.384. The third-order valence-electron chi connectivity index (χ3n) is 4.07. The lowest BCUT2D eigenvalue weighted by Gasteiger charge is -2.11. The molecule has 3 aromatic carbocycles. The Labute approximate surface area is 193 Å². The van der Waals surface area contributed by atoms with Gasteiger partial charge in [-0.05, 0) is 56.5 Å². The van der Waals surface area contributed by atoms with Crippen molar-refractivity contribution in [2.24, 2.45) is 0 Å². The number of fused-ring (bicyclic) bond motifs is 1. The highest BCUT2D eigenvalue weighted by Gasteiger charge is 2.10. The van der Waals surface area contributed by atoms with Crippen LogP contribution in [0, 0.1) is 10.1 Å². The first kappa shape index (κ1) is 22.4. The topological polar surface area (TPSA) is 111 Å². The zero-order chi connectivity index (χ0) is 22.4. The number of rotatable bonds is 6. The van der Waals surface area contributed by atoms with Crippen LogP contribution in [0.2, 0.25) is 0 Å². The number of amides is 2. The summed E-state index contributed by atoms with van der Waals surface area (Å²) in [6.45, 7) is -0.310. The van der Waals surface area contributed by atoms with Crippen LogP contribution in [0.4, 0.5) is 5.69 Å². The molecule has 0 spiro atoms. The van der Waals surface area contributed by atoms with Crippen LogP contribution >= 0.6 is 31.9 Å². The number of ether oxygens (including phenoxy) is 1. The first-order valence-electron chi connectivity index (χ1n) is 8.85. The fraction of sp³-hybridized carbons (Fsp3) is 0.0476. The summed E-state index contributed by atoms with van der Waals surface area (Å²) in [6.07, 6.45) is 2.55. The Balaban J connectivity index is 1.51. The van der Waals surface area contributed by atoms with Crippen LogP contribution in [0.25, 0.3) is 16.8 Å². The monoisotopic (exact) mass is 547 g/mol. The number of hydrogen-bond donors (Lipinski definition) is 2. The summed E-state index contributed by atoms with van der Waals surface area (Å²) in [4.78, 5) is 34.1. The van der Waals surface area contributed by atoms with Gasteiger partial charge in [0.05, 0.1) is 9.40 Å². The summed E-state index contributed by atoms with van der Waals surface area (Å²) in [5.74, 6) is -0.668. The van der Waals surface area contributed by atoms with Crippen molar-refractivity contribution < 1.29 is 19.2 Å². The van der Waals surface area contributed by atoms with E-state index < -0.39 is 16.7 Å². The Hall–Kier alpha value is -3.24. The van der Waals surface area contributed by atoms with Crippen LogP contribution in [0.3, 0.4) is 0 Å². The van der Waals surface area contributed by atoms with Crippen molar-refractivity contribution in [1.82, 2.24) is 10.9 Å². The van der Waals surface area contributed by atoms with E-state index in [4.69, 9.17) is 4.74 Å². The molecule has 0 aromatic heterocycles. The molecule has 0 saturated carbocycles. The van der Waals surface area contributed by atoms with Crippen LogP contribution in [-0.2, 0) is 9.59 Å². The Morgan fingerprint density at radius 2 is 1.87 bits per heavy atom. The number of nitro groups is 1. The van der Waals surface area contributed by atoms with Crippen molar-refractivity contribution in [3.63, 3.8) is 0 Å². The third kappa shape index (κ3) is 6.12. The maximum absolute atomic E-state index is 12.0. The number of hydrogen-bond acceptors (Lipinski definition) is 5. The summed E-state index contributed by atoms with van der Waals surface area (Å²) in [7, 11) is 0. The van der Waals surface area contributed by atoms with Gasteiger partial charge in [0.2, 0.25) is 0 Å². The molecule has 3 rings (SSSR count). The minimum absolute atomic E-state index is 0.0829. The average Bonchev–Trinajstić information content (AvgIpc) is 2.76. The molecular weight excluding hydrogens is 534 g/mol. The zero-order valence-electron chi connectivity index (χ0n) is 15.8. The maximum Gasteiger partial charge on any atom is 0.276 e. The number of nitrogens with one attached hydrogen (secondary N) is 2. The smallest absolute Gasteiger partial charge is 0.276 e. The van der Waals surface area contributed by atoms with Crippen molar-refractivity contribution >= 4 is 66.2 Å². The van der Waals surface area contributed by atoms with E-state index in [2.05, 4.69) is 42.7 Å². The zero-order valence-corrected chi connectivity index (χ0v) is 19.0. The quantitative estimate of drug-likeness (QED) is 0.267. The lowest BCUT2D eigenvalue weighted by Crippen LogP contribution is -2.43. The van der Waals surface area contributed by atoms with Gasteiger partial charge in [0.15, 0.2) is 6.61 Å². The van der Waals surface area contributed by atoms with Crippen LogP contribution in [0.5, 0.6) is 5.75 Å². The molecule has 10 heteroatoms. The molecule has 8 nitrogen and oxygen atoms in total. The first-order chi connectivity index (χ1) is 14.8. The molecule has 0 fully saturated rings. The summed E-state index contributed by atoms with van der Waals surface area (Å²) in [5.41, 5.74) is 4.85. The molecule has 158 valence electrons. The SMILES string of the molecule is O=C(/C=C/c1cccc([N+](=O)[O-])c1)NNC(=O)COc1ccc2cc(Br)ccc2c1Br. The van der Waals surface area contributed by atoms with Crippen LogP contribution < -0.4 is 15.6 Å². The van der Waals surface area contributed by atoms with E-state index in [-0.39, 0.29) is 12.3 Å². The van der Waals surface area contributed by atoms with Crippen molar-refractivity contribution in [3.8, 4) is 5.75 Å². The van der Waals surface area contributed by atoms with E-state index in [0.29, 0.717) is 15.8 Å². The standard InChI is InChI=1S/C21H15Br2N3O5/c22-15-6-7-17-14(11-15)5-8-18(21(17)23)31-12-20(28)25-24-19(27)9-4-13-2-1-3-16(10-13)26(29)30/h1-11H,12H2,(H,24,27)(H,25,28)/b9-4+. The van der Waals surface area contributed by atoms with E-state index in [0.717, 1.165) is 21.3 Å². The fourth-order valence-corrected chi connectivity index (χ4v) is 3.61. The first-order valence-corrected chi connectivity index (χ1v) is 10.4. The minimum Gasteiger partial charge on any atom is -0.483 e. The number of benzene rings is 3. The number of non-ortho nitro benzene ring substituents is 1. The highest BCUT2D eigenvalue weighted by atomic mass is 79.9. The minimum atomic E-state index is -0.600. The molecule has 0 bridgehead atoms. The number of nitrogens with zero attached hydrogens (tertiary/aromatic N) is 1. The van der Waals surface area contributed by atoms with Crippen molar-refractivity contribution in [2.45, 2.75) is 0 Å². The van der Waals surface area contributed by atoms with Crippen LogP contribution in [0.15, 0.2) is 69.6 Å². The normalized spacial score (nSPS) is 10.8. The lowest BCUT2D eigenvalue weighted by atomic mass is 10.1. The van der Waals surface area contributed by atoms with E-state index in [9.17, 15) is 19.7 Å². The molecule has 0 radical (unpaired) electrons. The van der Waals surface area contributed by atoms with Gasteiger partial charge < -0.3 is 4.74 Å². The molecule has 2 amide bonds. The highest BCUT2D eigenvalue weighted by molar-refractivity contribution is 9.11. The summed E-state index contributed by atoms with van der Waals surface area (Å²) >= 11 is 6.90. The summed E-state index contributed by atoms with van der Waals surface area (Å²) < 4.78 is 7.20. The van der Waals surface area contributed by atoms with Gasteiger partial charge in [-0.15, -0.1) is 0 Å². The van der Waals surface area contributed by atoms with Gasteiger partial charge in [-0.1, -0.05) is 40.2 Å². The number of carbonyl (C=O) groups is 2. The van der Waals surface area contributed by atoms with Crippen molar-refractivity contribution in [1.29, 1.82) is 0 Å². The van der Waals surface area contributed by atoms with Crippen molar-refractivity contribution in [3.05, 3.63) is 85.3 Å². The molecule has 0 aliphatic heterocycles. The third-order valence-corrected chi connectivity index (χ3v) is 5.38. The van der Waals surface area contributed by atoms with Gasteiger partial charge in [0.1, 0.15) is 5.75 Å².